The van der Waals surface area contributed by atoms with Gasteiger partial charge in [0.15, 0.2) is 0 Å². The molecule has 0 fully saturated rings. The monoisotopic (exact) mass is 245 g/mol. The van der Waals surface area contributed by atoms with Crippen molar-refractivity contribution in [3.05, 3.63) is 28.0 Å². The van der Waals surface area contributed by atoms with Crippen LogP contribution in [0.15, 0.2) is 6.07 Å². The van der Waals surface area contributed by atoms with Crippen LogP contribution in [-0.4, -0.2) is 4.98 Å². The van der Waals surface area contributed by atoms with Gasteiger partial charge in [-0.2, -0.15) is 13.2 Å². The number of aromatic nitrogens is 1. The van der Waals surface area contributed by atoms with E-state index in [1.165, 1.54) is 6.92 Å². The minimum absolute atomic E-state index is 0.00777. The fourth-order valence-corrected chi connectivity index (χ4v) is 1.14. The van der Waals surface area contributed by atoms with Gasteiger partial charge in [0.2, 0.25) is 0 Å². The highest BCUT2D eigenvalue weighted by Gasteiger charge is 2.37. The van der Waals surface area contributed by atoms with Crippen LogP contribution in [0.3, 0.4) is 0 Å². The van der Waals surface area contributed by atoms with Crippen molar-refractivity contribution < 1.29 is 22.0 Å². The molecule has 0 aliphatic rings. The molecule has 0 saturated carbocycles. The molecule has 0 aliphatic carbocycles. The Bertz CT molecular complexity index is 374. The van der Waals surface area contributed by atoms with Gasteiger partial charge in [-0.3, -0.25) is 0 Å². The van der Waals surface area contributed by atoms with Crippen molar-refractivity contribution in [2.24, 2.45) is 0 Å². The Morgan fingerprint density at radius 1 is 1.33 bits per heavy atom. The predicted octanol–water partition coefficient (Wildman–Crippen LogP) is 4.00. The van der Waals surface area contributed by atoms with Crippen molar-refractivity contribution in [3.63, 3.8) is 0 Å². The Hall–Kier alpha value is -0.910. The van der Waals surface area contributed by atoms with Crippen LogP contribution in [0, 0.1) is 6.92 Å². The van der Waals surface area contributed by atoms with Crippen LogP contribution < -0.4 is 0 Å². The summed E-state index contributed by atoms with van der Waals surface area (Å²) in [4.78, 5) is 3.03. The molecule has 0 spiro atoms. The SMILES string of the molecule is Cc1cc(C(F)(F)F)c(C(F)F)nc1Cl. The molecule has 84 valence electrons. The third-order valence-electron chi connectivity index (χ3n) is 1.69. The van der Waals surface area contributed by atoms with Gasteiger partial charge in [-0.25, -0.2) is 13.8 Å². The van der Waals surface area contributed by atoms with E-state index in [1.54, 1.807) is 0 Å². The van der Waals surface area contributed by atoms with Crippen LogP contribution in [0.2, 0.25) is 5.15 Å². The highest BCUT2D eigenvalue weighted by Crippen LogP contribution is 2.36. The lowest BCUT2D eigenvalue weighted by Crippen LogP contribution is -2.12. The van der Waals surface area contributed by atoms with E-state index in [0.29, 0.717) is 6.07 Å². The topological polar surface area (TPSA) is 12.9 Å². The molecule has 0 radical (unpaired) electrons. The van der Waals surface area contributed by atoms with E-state index in [9.17, 15) is 22.0 Å². The summed E-state index contributed by atoms with van der Waals surface area (Å²) in [5, 5.41) is -0.349. The molecule has 0 bridgehead atoms. The van der Waals surface area contributed by atoms with Crippen LogP contribution in [0.25, 0.3) is 0 Å². The van der Waals surface area contributed by atoms with Crippen LogP contribution in [0.1, 0.15) is 23.2 Å². The van der Waals surface area contributed by atoms with Crippen LogP contribution in [0.5, 0.6) is 0 Å². The molecule has 0 amide bonds. The summed E-state index contributed by atoms with van der Waals surface area (Å²) in [6, 6.07) is 0.566. The normalized spacial score (nSPS) is 12.3. The number of halogens is 6. The third-order valence-corrected chi connectivity index (χ3v) is 2.08. The fraction of sp³-hybridized carbons (Fsp3) is 0.375. The van der Waals surface area contributed by atoms with Crippen molar-refractivity contribution >= 4 is 11.6 Å². The zero-order chi connectivity index (χ0) is 11.8. The molecular weight excluding hydrogens is 241 g/mol. The fourth-order valence-electron chi connectivity index (χ4n) is 0.998. The predicted molar refractivity (Wildman–Crippen MR) is 43.9 cm³/mol. The smallest absolute Gasteiger partial charge is 0.234 e. The van der Waals surface area contributed by atoms with Gasteiger partial charge in [0, 0.05) is 0 Å². The van der Waals surface area contributed by atoms with Crippen molar-refractivity contribution in [1.82, 2.24) is 4.98 Å². The lowest BCUT2D eigenvalue weighted by Gasteiger charge is -2.12. The Morgan fingerprint density at radius 3 is 2.27 bits per heavy atom. The van der Waals surface area contributed by atoms with Crippen molar-refractivity contribution in [2.75, 3.05) is 0 Å². The molecule has 0 aliphatic heterocycles. The van der Waals surface area contributed by atoms with Gasteiger partial charge in [-0.15, -0.1) is 0 Å². The first-order chi connectivity index (χ1) is 6.73. The first kappa shape index (κ1) is 12.2. The molecule has 1 aromatic rings. The minimum Gasteiger partial charge on any atom is -0.234 e. The van der Waals surface area contributed by atoms with Crippen LogP contribution in [0.4, 0.5) is 22.0 Å². The van der Waals surface area contributed by atoms with E-state index in [4.69, 9.17) is 11.6 Å². The largest absolute Gasteiger partial charge is 0.418 e. The first-order valence-electron chi connectivity index (χ1n) is 3.76. The maximum absolute atomic E-state index is 12.3. The van der Waals surface area contributed by atoms with Gasteiger partial charge >= 0.3 is 6.18 Å². The zero-order valence-electron chi connectivity index (χ0n) is 7.37. The summed E-state index contributed by atoms with van der Waals surface area (Å²) in [5.41, 5.74) is -2.77. The number of rotatable bonds is 1. The van der Waals surface area contributed by atoms with Gasteiger partial charge in [0.05, 0.1) is 5.56 Å². The zero-order valence-corrected chi connectivity index (χ0v) is 8.13. The quantitative estimate of drug-likeness (QED) is 0.538. The molecule has 0 saturated heterocycles. The Morgan fingerprint density at radius 2 is 1.87 bits per heavy atom. The van der Waals surface area contributed by atoms with E-state index in [0.717, 1.165) is 0 Å². The Balaban J connectivity index is 3.42. The second-order valence-electron chi connectivity index (χ2n) is 2.83. The highest BCUT2D eigenvalue weighted by atomic mass is 35.5. The lowest BCUT2D eigenvalue weighted by atomic mass is 10.1. The average molecular weight is 246 g/mol. The van der Waals surface area contributed by atoms with Gasteiger partial charge < -0.3 is 0 Å². The molecule has 1 rings (SSSR count). The van der Waals surface area contributed by atoms with Crippen molar-refractivity contribution in [2.45, 2.75) is 19.5 Å². The summed E-state index contributed by atoms with van der Waals surface area (Å²) in [7, 11) is 0. The first-order valence-corrected chi connectivity index (χ1v) is 4.13. The number of pyridine rings is 1. The molecule has 1 heterocycles. The van der Waals surface area contributed by atoms with Gasteiger partial charge in [0.25, 0.3) is 6.43 Å². The average Bonchev–Trinajstić information content (AvgIpc) is 2.06. The second kappa shape index (κ2) is 3.92. The molecule has 0 N–H and O–H groups in total. The second-order valence-corrected chi connectivity index (χ2v) is 3.19. The number of nitrogens with zero attached hydrogens (tertiary/aromatic N) is 1. The summed E-state index contributed by atoms with van der Waals surface area (Å²) >= 11 is 5.37. The molecule has 0 atom stereocenters. The molecule has 15 heavy (non-hydrogen) atoms. The van der Waals surface area contributed by atoms with Crippen molar-refractivity contribution in [1.29, 1.82) is 0 Å². The molecule has 1 nitrogen and oxygen atoms in total. The van der Waals surface area contributed by atoms with E-state index in [2.05, 4.69) is 4.98 Å². The molecule has 0 aromatic carbocycles. The molecule has 1 aromatic heterocycles. The number of aryl methyl sites for hydroxylation is 1. The summed E-state index contributed by atoms with van der Waals surface area (Å²) < 4.78 is 61.4. The lowest BCUT2D eigenvalue weighted by molar-refractivity contribution is -0.140. The van der Waals surface area contributed by atoms with Gasteiger partial charge in [-0.05, 0) is 18.6 Å². The third kappa shape index (κ3) is 2.56. The highest BCUT2D eigenvalue weighted by molar-refractivity contribution is 6.30. The van der Waals surface area contributed by atoms with Crippen LogP contribution >= 0.6 is 11.6 Å². The minimum atomic E-state index is -4.85. The van der Waals surface area contributed by atoms with Crippen LogP contribution in [-0.2, 0) is 6.18 Å². The van der Waals surface area contributed by atoms with Crippen molar-refractivity contribution in [3.8, 4) is 0 Å². The summed E-state index contributed by atoms with van der Waals surface area (Å²) in [6.45, 7) is 1.26. The summed E-state index contributed by atoms with van der Waals surface area (Å²) in [5.74, 6) is 0. The maximum atomic E-state index is 12.3. The molecular formula is C8H5ClF5N. The molecule has 7 heteroatoms. The summed E-state index contributed by atoms with van der Waals surface area (Å²) in [6.07, 6.45) is -8.16. The van der Waals surface area contributed by atoms with E-state index in [1.807, 2.05) is 0 Å². The number of hydrogen-bond acceptors (Lipinski definition) is 1. The van der Waals surface area contributed by atoms with Gasteiger partial charge in [0.1, 0.15) is 10.8 Å². The molecule has 0 unspecified atom stereocenters. The van der Waals surface area contributed by atoms with Gasteiger partial charge in [-0.1, -0.05) is 11.6 Å². The maximum Gasteiger partial charge on any atom is 0.418 e. The number of hydrogen-bond donors (Lipinski definition) is 0. The van der Waals surface area contributed by atoms with E-state index in [-0.39, 0.29) is 10.7 Å². The Labute approximate surface area is 86.9 Å². The van der Waals surface area contributed by atoms with E-state index >= 15 is 0 Å². The number of alkyl halides is 5. The Kier molecular flexibility index (Phi) is 3.18. The van der Waals surface area contributed by atoms with E-state index < -0.39 is 23.9 Å². The standard InChI is InChI=1S/C8H5ClF5N/c1-3-2-4(8(12,13)14)5(7(10)11)15-6(3)9/h2,7H,1H3.